The third kappa shape index (κ3) is 3.08. The Labute approximate surface area is 100 Å². The molecule has 1 amide bonds. The normalized spacial score (nSPS) is 10.4. The Balaban J connectivity index is 1.78. The third-order valence-electron chi connectivity index (χ3n) is 1.94. The van der Waals surface area contributed by atoms with Crippen molar-refractivity contribution in [2.45, 2.75) is 13.0 Å². The highest BCUT2D eigenvalue weighted by Gasteiger charge is 2.08. The molecular weight excluding hydrogens is 244 g/mol. The van der Waals surface area contributed by atoms with E-state index in [1.54, 1.807) is 10.9 Å². The lowest BCUT2D eigenvalue weighted by Gasteiger charge is -1.99. The van der Waals surface area contributed by atoms with Gasteiger partial charge in [0.2, 0.25) is 0 Å². The Bertz CT molecular complexity index is 482. The van der Waals surface area contributed by atoms with Gasteiger partial charge >= 0.3 is 0 Å². The molecule has 0 aliphatic rings. The topological polar surface area (TPSA) is 101 Å². The van der Waals surface area contributed by atoms with Crippen molar-refractivity contribution in [2.24, 2.45) is 0 Å². The molecule has 17 heavy (non-hydrogen) atoms. The van der Waals surface area contributed by atoms with Crippen LogP contribution in [-0.4, -0.2) is 32.7 Å². The molecule has 8 heteroatoms. The Kier molecular flexibility index (Phi) is 3.78. The number of nitrogens with zero attached hydrogens (tertiary/aromatic N) is 3. The van der Waals surface area contributed by atoms with E-state index in [4.69, 9.17) is 9.63 Å². The number of hydrogen-bond acceptors (Lipinski definition) is 7. The second kappa shape index (κ2) is 5.51. The van der Waals surface area contributed by atoms with Crippen LogP contribution < -0.4 is 5.32 Å². The summed E-state index contributed by atoms with van der Waals surface area (Å²) >= 11 is 1.36. The lowest BCUT2D eigenvalue weighted by molar-refractivity contribution is 0.0949. The number of nitrogens with one attached hydrogen (secondary N) is 1. The molecule has 0 saturated carbocycles. The maximum Gasteiger partial charge on any atom is 0.270 e. The van der Waals surface area contributed by atoms with Gasteiger partial charge in [-0.15, -0.1) is 11.3 Å². The van der Waals surface area contributed by atoms with Crippen LogP contribution in [0.1, 0.15) is 22.2 Å². The van der Waals surface area contributed by atoms with Crippen LogP contribution in [-0.2, 0) is 13.0 Å². The molecule has 2 aromatic rings. The molecule has 2 N–H and O–H groups in total. The minimum atomic E-state index is -0.280. The van der Waals surface area contributed by atoms with Crippen molar-refractivity contribution in [3.63, 3.8) is 0 Å². The molecule has 0 saturated heterocycles. The van der Waals surface area contributed by atoms with Gasteiger partial charge in [0, 0.05) is 18.3 Å². The summed E-state index contributed by atoms with van der Waals surface area (Å²) in [6, 6.07) is 0. The average Bonchev–Trinajstić information content (AvgIpc) is 3.00. The summed E-state index contributed by atoms with van der Waals surface area (Å²) < 4.78 is 4.71. The molecule has 7 nitrogen and oxygen atoms in total. The first-order valence-corrected chi connectivity index (χ1v) is 5.82. The Morgan fingerprint density at radius 1 is 1.59 bits per heavy atom. The van der Waals surface area contributed by atoms with E-state index in [1.807, 2.05) is 0 Å². The predicted molar refractivity (Wildman–Crippen MR) is 58.4 cm³/mol. The number of aliphatic hydroxyl groups is 1. The van der Waals surface area contributed by atoms with Crippen LogP contribution in [0.5, 0.6) is 0 Å². The highest BCUT2D eigenvalue weighted by atomic mass is 32.1. The molecular formula is C9H10N4O3S. The molecule has 0 spiro atoms. The zero-order valence-electron chi connectivity index (χ0n) is 8.79. The minimum absolute atomic E-state index is 0.172. The number of carbonyl (C=O) groups excluding carboxylic acids is 1. The van der Waals surface area contributed by atoms with E-state index in [2.05, 4.69) is 20.4 Å². The summed E-state index contributed by atoms with van der Waals surface area (Å²) in [4.78, 5) is 19.3. The van der Waals surface area contributed by atoms with Gasteiger partial charge in [0.15, 0.2) is 5.82 Å². The second-order valence-electron chi connectivity index (χ2n) is 3.14. The largest absolute Gasteiger partial charge is 0.387 e. The van der Waals surface area contributed by atoms with Crippen LogP contribution in [0.3, 0.4) is 0 Å². The van der Waals surface area contributed by atoms with Crippen LogP contribution >= 0.6 is 11.3 Å². The van der Waals surface area contributed by atoms with Crippen LogP contribution in [0.2, 0.25) is 0 Å². The lowest BCUT2D eigenvalue weighted by Crippen LogP contribution is -2.26. The lowest BCUT2D eigenvalue weighted by atomic mass is 10.4. The van der Waals surface area contributed by atoms with Crippen molar-refractivity contribution in [3.8, 4) is 0 Å². The van der Waals surface area contributed by atoms with Crippen LogP contribution in [0.15, 0.2) is 15.4 Å². The maximum absolute atomic E-state index is 11.5. The number of thiazole rings is 1. The van der Waals surface area contributed by atoms with Crippen molar-refractivity contribution in [2.75, 3.05) is 6.54 Å². The number of amides is 1. The number of rotatable bonds is 5. The fourth-order valence-electron chi connectivity index (χ4n) is 1.16. The number of carbonyl (C=O) groups is 1. The van der Waals surface area contributed by atoms with Crippen molar-refractivity contribution < 1.29 is 14.4 Å². The van der Waals surface area contributed by atoms with E-state index < -0.39 is 0 Å². The fourth-order valence-corrected chi connectivity index (χ4v) is 1.69. The van der Waals surface area contributed by atoms with Crippen LogP contribution in [0.25, 0.3) is 0 Å². The smallest absolute Gasteiger partial charge is 0.270 e. The molecule has 90 valence electrons. The van der Waals surface area contributed by atoms with Gasteiger partial charge in [-0.1, -0.05) is 5.16 Å². The quantitative estimate of drug-likeness (QED) is 0.778. The molecule has 0 unspecified atom stereocenters. The van der Waals surface area contributed by atoms with E-state index in [9.17, 15) is 4.79 Å². The zero-order chi connectivity index (χ0) is 12.1. The first-order chi connectivity index (χ1) is 8.29. The molecule has 0 fully saturated rings. The molecule has 2 heterocycles. The Morgan fingerprint density at radius 2 is 2.47 bits per heavy atom. The predicted octanol–water partition coefficient (Wildman–Crippen LogP) is -0.00910. The summed E-state index contributed by atoms with van der Waals surface area (Å²) in [6.07, 6.45) is 0.444. The van der Waals surface area contributed by atoms with Gasteiger partial charge in [0.25, 0.3) is 11.8 Å². The first-order valence-electron chi connectivity index (χ1n) is 4.88. The SMILES string of the molecule is O=C(NCCc1noc(CO)n1)c1cscn1. The maximum atomic E-state index is 11.5. The van der Waals surface area contributed by atoms with Crippen LogP contribution in [0, 0.1) is 0 Å². The molecule has 0 radical (unpaired) electrons. The van der Waals surface area contributed by atoms with E-state index in [0.29, 0.717) is 24.5 Å². The van der Waals surface area contributed by atoms with Gasteiger partial charge in [-0.3, -0.25) is 4.79 Å². The van der Waals surface area contributed by atoms with Gasteiger partial charge in [-0.25, -0.2) is 4.98 Å². The monoisotopic (exact) mass is 254 g/mol. The summed E-state index contributed by atoms with van der Waals surface area (Å²) in [5.74, 6) is 0.399. The average molecular weight is 254 g/mol. The van der Waals surface area contributed by atoms with Gasteiger partial charge in [0.05, 0.1) is 5.51 Å². The molecule has 0 bridgehead atoms. The van der Waals surface area contributed by atoms with Crippen molar-refractivity contribution in [1.29, 1.82) is 0 Å². The number of aliphatic hydroxyl groups excluding tert-OH is 1. The van der Waals surface area contributed by atoms with Gasteiger partial charge < -0.3 is 14.9 Å². The van der Waals surface area contributed by atoms with Crippen molar-refractivity contribution >= 4 is 17.2 Å². The molecule has 2 rings (SSSR count). The molecule has 0 aliphatic carbocycles. The molecule has 0 aromatic carbocycles. The summed E-state index contributed by atoms with van der Waals surface area (Å²) in [5, 5.41) is 16.7. The van der Waals surface area contributed by atoms with E-state index >= 15 is 0 Å². The van der Waals surface area contributed by atoms with Crippen molar-refractivity contribution in [1.82, 2.24) is 20.4 Å². The van der Waals surface area contributed by atoms with E-state index in [1.165, 1.54) is 11.3 Å². The minimum Gasteiger partial charge on any atom is -0.387 e. The number of hydrogen-bond donors (Lipinski definition) is 2. The standard InChI is InChI=1S/C9H10N4O3S/c14-3-8-12-7(13-16-8)1-2-10-9(15)6-4-17-5-11-6/h4-5,14H,1-3H2,(H,10,15). The first kappa shape index (κ1) is 11.7. The molecule has 0 aliphatic heterocycles. The van der Waals surface area contributed by atoms with Gasteiger partial charge in [-0.05, 0) is 0 Å². The summed E-state index contributed by atoms with van der Waals surface area (Å²) in [7, 11) is 0. The highest BCUT2D eigenvalue weighted by Crippen LogP contribution is 2.00. The summed E-state index contributed by atoms with van der Waals surface area (Å²) in [6.45, 7) is 0.110. The summed E-state index contributed by atoms with van der Waals surface area (Å²) in [5.41, 5.74) is 2.00. The van der Waals surface area contributed by atoms with E-state index in [-0.39, 0.29) is 18.4 Å². The fraction of sp³-hybridized carbons (Fsp3) is 0.333. The highest BCUT2D eigenvalue weighted by molar-refractivity contribution is 7.07. The third-order valence-corrected chi connectivity index (χ3v) is 2.53. The van der Waals surface area contributed by atoms with Gasteiger partial charge in [0.1, 0.15) is 12.3 Å². The van der Waals surface area contributed by atoms with E-state index in [0.717, 1.165) is 0 Å². The molecule has 0 atom stereocenters. The zero-order valence-corrected chi connectivity index (χ0v) is 9.61. The van der Waals surface area contributed by atoms with Crippen LogP contribution in [0.4, 0.5) is 0 Å². The van der Waals surface area contributed by atoms with Crippen molar-refractivity contribution in [3.05, 3.63) is 28.3 Å². The number of aromatic nitrogens is 3. The molecule has 2 aromatic heterocycles. The Morgan fingerprint density at radius 3 is 3.12 bits per heavy atom. The second-order valence-corrected chi connectivity index (χ2v) is 3.86. The van der Waals surface area contributed by atoms with Gasteiger partial charge in [-0.2, -0.15) is 4.98 Å². The Hall–Kier alpha value is -1.80.